The van der Waals surface area contributed by atoms with Crippen LogP contribution in [0, 0.1) is 0 Å². The van der Waals surface area contributed by atoms with E-state index in [9.17, 15) is 4.79 Å². The van der Waals surface area contributed by atoms with Crippen LogP contribution in [-0.4, -0.2) is 47.1 Å². The number of nitrogens with one attached hydrogen (secondary N) is 1. The summed E-state index contributed by atoms with van der Waals surface area (Å²) in [5.74, 6) is 1.44. The largest absolute Gasteiger partial charge is 0.497 e. The molecule has 0 aliphatic heterocycles. The number of hydrogen-bond donors (Lipinski definition) is 1. The van der Waals surface area contributed by atoms with E-state index in [1.54, 1.807) is 21.3 Å². The van der Waals surface area contributed by atoms with E-state index in [1.165, 1.54) is 0 Å². The molecule has 0 aromatic heterocycles. The molecule has 0 saturated heterocycles. The molecule has 0 aliphatic carbocycles. The van der Waals surface area contributed by atoms with E-state index in [4.69, 9.17) is 18.9 Å². The topological polar surface area (TPSA) is 66.0 Å². The number of ether oxygens (including phenoxy) is 4. The normalized spacial score (nSPS) is 11.8. The quantitative estimate of drug-likeness (QED) is 0.633. The number of benzene rings is 1. The lowest BCUT2D eigenvalue weighted by Crippen LogP contribution is -2.27. The van der Waals surface area contributed by atoms with Gasteiger partial charge in [0.05, 0.1) is 33.5 Å². The first-order chi connectivity index (χ1) is 11.1. The second-order valence-corrected chi connectivity index (χ2v) is 5.11. The van der Waals surface area contributed by atoms with E-state index in [0.717, 1.165) is 17.1 Å². The van der Waals surface area contributed by atoms with Gasteiger partial charge in [0.15, 0.2) is 0 Å². The van der Waals surface area contributed by atoms with Crippen molar-refractivity contribution in [3.05, 3.63) is 23.8 Å². The smallest absolute Gasteiger partial charge is 0.220 e. The molecule has 1 atom stereocenters. The van der Waals surface area contributed by atoms with E-state index in [2.05, 4.69) is 5.32 Å². The molecule has 0 radical (unpaired) electrons. The first-order valence-electron chi connectivity index (χ1n) is 7.70. The summed E-state index contributed by atoms with van der Waals surface area (Å²) in [6.45, 7) is 3.59. The standard InChI is InChI=1S/C17H27NO5/c1-13(15-12-14(21-3)7-8-16(15)22-4)18-17(19)6-5-9-23-11-10-20-2/h7-8,12-13H,5-6,9-11H2,1-4H3,(H,18,19)/t13-/m0/s1. The van der Waals surface area contributed by atoms with Gasteiger partial charge in [0.2, 0.25) is 5.91 Å². The molecule has 0 spiro atoms. The van der Waals surface area contributed by atoms with Gasteiger partial charge < -0.3 is 24.3 Å². The number of carbonyl (C=O) groups is 1. The zero-order valence-electron chi connectivity index (χ0n) is 14.4. The predicted molar refractivity (Wildman–Crippen MR) is 88.0 cm³/mol. The van der Waals surface area contributed by atoms with Gasteiger partial charge in [0.1, 0.15) is 11.5 Å². The van der Waals surface area contributed by atoms with Crippen molar-refractivity contribution in [1.29, 1.82) is 0 Å². The summed E-state index contributed by atoms with van der Waals surface area (Å²) < 4.78 is 20.8. The van der Waals surface area contributed by atoms with Gasteiger partial charge in [-0.15, -0.1) is 0 Å². The monoisotopic (exact) mass is 325 g/mol. The molecule has 0 heterocycles. The van der Waals surface area contributed by atoms with Crippen LogP contribution in [0.3, 0.4) is 0 Å². The Morgan fingerprint density at radius 3 is 2.57 bits per heavy atom. The molecule has 1 aromatic rings. The molecule has 6 nitrogen and oxygen atoms in total. The van der Waals surface area contributed by atoms with Crippen molar-refractivity contribution in [2.45, 2.75) is 25.8 Å². The highest BCUT2D eigenvalue weighted by Gasteiger charge is 2.15. The van der Waals surface area contributed by atoms with Crippen molar-refractivity contribution in [1.82, 2.24) is 5.32 Å². The van der Waals surface area contributed by atoms with Crippen LogP contribution in [0.4, 0.5) is 0 Å². The Hall–Kier alpha value is -1.79. The summed E-state index contributed by atoms with van der Waals surface area (Å²) >= 11 is 0. The SMILES string of the molecule is COCCOCCCC(=O)N[C@@H](C)c1cc(OC)ccc1OC. The molecule has 0 saturated carbocycles. The second kappa shape index (κ2) is 10.9. The summed E-state index contributed by atoms with van der Waals surface area (Å²) in [4.78, 5) is 12.0. The molecule has 1 rings (SSSR count). The number of carbonyl (C=O) groups excluding carboxylic acids is 1. The maximum absolute atomic E-state index is 12.0. The third kappa shape index (κ3) is 6.88. The van der Waals surface area contributed by atoms with Crippen LogP contribution in [0.15, 0.2) is 18.2 Å². The molecule has 1 N–H and O–H groups in total. The second-order valence-electron chi connectivity index (χ2n) is 5.11. The van der Waals surface area contributed by atoms with Crippen LogP contribution in [0.5, 0.6) is 11.5 Å². The Morgan fingerprint density at radius 2 is 1.91 bits per heavy atom. The minimum Gasteiger partial charge on any atom is -0.497 e. The molecule has 1 aromatic carbocycles. The molecule has 130 valence electrons. The van der Waals surface area contributed by atoms with Crippen molar-refractivity contribution < 1.29 is 23.7 Å². The van der Waals surface area contributed by atoms with E-state index in [-0.39, 0.29) is 11.9 Å². The van der Waals surface area contributed by atoms with Gasteiger partial charge in [-0.2, -0.15) is 0 Å². The van der Waals surface area contributed by atoms with Gasteiger partial charge in [0.25, 0.3) is 0 Å². The van der Waals surface area contributed by atoms with Gasteiger partial charge in [-0.3, -0.25) is 4.79 Å². The molecule has 6 heteroatoms. The maximum Gasteiger partial charge on any atom is 0.220 e. The van der Waals surface area contributed by atoms with Crippen LogP contribution in [0.1, 0.15) is 31.4 Å². The molecule has 0 unspecified atom stereocenters. The fraction of sp³-hybridized carbons (Fsp3) is 0.588. The van der Waals surface area contributed by atoms with Crippen LogP contribution < -0.4 is 14.8 Å². The predicted octanol–water partition coefficient (Wildman–Crippen LogP) is 2.32. The minimum absolute atomic E-state index is 0.0160. The zero-order chi connectivity index (χ0) is 17.1. The lowest BCUT2D eigenvalue weighted by molar-refractivity contribution is -0.122. The molecular formula is C17H27NO5. The van der Waals surface area contributed by atoms with Crippen molar-refractivity contribution in [3.8, 4) is 11.5 Å². The third-order valence-corrected chi connectivity index (χ3v) is 3.41. The van der Waals surface area contributed by atoms with Gasteiger partial charge in [-0.25, -0.2) is 0 Å². The molecule has 23 heavy (non-hydrogen) atoms. The van der Waals surface area contributed by atoms with Crippen molar-refractivity contribution in [2.75, 3.05) is 41.2 Å². The first-order valence-corrected chi connectivity index (χ1v) is 7.70. The lowest BCUT2D eigenvalue weighted by atomic mass is 10.1. The summed E-state index contributed by atoms with van der Waals surface area (Å²) in [7, 11) is 4.85. The first kappa shape index (κ1) is 19.3. The number of methoxy groups -OCH3 is 3. The molecule has 0 fully saturated rings. The fourth-order valence-corrected chi connectivity index (χ4v) is 2.15. The molecule has 0 bridgehead atoms. The van der Waals surface area contributed by atoms with E-state index in [0.29, 0.717) is 32.7 Å². The lowest BCUT2D eigenvalue weighted by Gasteiger charge is -2.18. The highest BCUT2D eigenvalue weighted by Crippen LogP contribution is 2.29. The molecular weight excluding hydrogens is 298 g/mol. The molecule has 1 amide bonds. The Balaban J connectivity index is 2.45. The minimum atomic E-state index is -0.165. The Labute approximate surface area is 138 Å². The van der Waals surface area contributed by atoms with Gasteiger partial charge >= 0.3 is 0 Å². The van der Waals surface area contributed by atoms with Crippen molar-refractivity contribution in [2.24, 2.45) is 0 Å². The Bertz CT molecular complexity index is 478. The highest BCUT2D eigenvalue weighted by molar-refractivity contribution is 5.76. The van der Waals surface area contributed by atoms with Gasteiger partial charge in [-0.1, -0.05) is 0 Å². The Kier molecular flexibility index (Phi) is 9.09. The van der Waals surface area contributed by atoms with Crippen LogP contribution >= 0.6 is 0 Å². The highest BCUT2D eigenvalue weighted by atomic mass is 16.5. The van der Waals surface area contributed by atoms with Crippen molar-refractivity contribution >= 4 is 5.91 Å². The van der Waals surface area contributed by atoms with Crippen LogP contribution in [0.2, 0.25) is 0 Å². The average molecular weight is 325 g/mol. The summed E-state index contributed by atoms with van der Waals surface area (Å²) in [5, 5.41) is 2.97. The zero-order valence-corrected chi connectivity index (χ0v) is 14.4. The fourth-order valence-electron chi connectivity index (χ4n) is 2.15. The van der Waals surface area contributed by atoms with Gasteiger partial charge in [0, 0.05) is 25.7 Å². The third-order valence-electron chi connectivity index (χ3n) is 3.41. The van der Waals surface area contributed by atoms with Gasteiger partial charge in [-0.05, 0) is 31.5 Å². The van der Waals surface area contributed by atoms with Crippen LogP contribution in [0.25, 0.3) is 0 Å². The van der Waals surface area contributed by atoms with E-state index < -0.39 is 0 Å². The van der Waals surface area contributed by atoms with E-state index in [1.807, 2.05) is 25.1 Å². The number of hydrogen-bond acceptors (Lipinski definition) is 5. The summed E-state index contributed by atoms with van der Waals surface area (Å²) in [5.41, 5.74) is 0.886. The Morgan fingerprint density at radius 1 is 1.13 bits per heavy atom. The van der Waals surface area contributed by atoms with E-state index >= 15 is 0 Å². The van der Waals surface area contributed by atoms with Crippen molar-refractivity contribution in [3.63, 3.8) is 0 Å². The number of amides is 1. The summed E-state index contributed by atoms with van der Waals surface area (Å²) in [6, 6.07) is 5.37. The summed E-state index contributed by atoms with van der Waals surface area (Å²) in [6.07, 6.45) is 1.10. The van der Waals surface area contributed by atoms with Crippen LogP contribution in [-0.2, 0) is 14.3 Å². The maximum atomic E-state index is 12.0. The average Bonchev–Trinajstić information content (AvgIpc) is 2.57. The number of rotatable bonds is 11. The molecule has 0 aliphatic rings.